The van der Waals surface area contributed by atoms with E-state index < -0.39 is 0 Å². The van der Waals surface area contributed by atoms with Gasteiger partial charge in [-0.2, -0.15) is 0 Å². The molecule has 0 fully saturated rings. The lowest BCUT2D eigenvalue weighted by Crippen LogP contribution is -1.85. The molecule has 0 atom stereocenters. The van der Waals surface area contributed by atoms with Crippen molar-refractivity contribution >= 4 is 34.1 Å². The van der Waals surface area contributed by atoms with Crippen LogP contribution in [0.15, 0.2) is 72.8 Å². The Morgan fingerprint density at radius 1 is 0.682 bits per heavy atom. The lowest BCUT2D eigenvalue weighted by Gasteiger charge is -2.01. The van der Waals surface area contributed by atoms with Gasteiger partial charge in [-0.15, -0.1) is 0 Å². The molecule has 0 saturated carbocycles. The number of aromatic nitrogens is 1. The minimum Gasteiger partial charge on any atom is -0.316 e. The van der Waals surface area contributed by atoms with Crippen LogP contribution in [-0.2, 0) is 0 Å². The van der Waals surface area contributed by atoms with Crippen LogP contribution in [0, 0.1) is 6.92 Å². The van der Waals surface area contributed by atoms with Crippen LogP contribution in [0.3, 0.4) is 0 Å². The van der Waals surface area contributed by atoms with E-state index in [1.165, 1.54) is 32.9 Å². The zero-order valence-electron chi connectivity index (χ0n) is 12.5. The standard InChI is InChI=1S/C21H17N/c1-16-10-12-17(13-11-16)14-15-22-20-8-4-2-6-18(20)19-7-3-5-9-21(19)22/h2-15H,1H3/b15-14+. The van der Waals surface area contributed by atoms with E-state index in [0.29, 0.717) is 0 Å². The maximum absolute atomic E-state index is 2.27. The fourth-order valence-electron chi connectivity index (χ4n) is 2.95. The second-order valence-corrected chi connectivity index (χ2v) is 5.63. The van der Waals surface area contributed by atoms with Crippen molar-refractivity contribution < 1.29 is 0 Å². The van der Waals surface area contributed by atoms with E-state index in [-0.39, 0.29) is 0 Å². The molecule has 0 radical (unpaired) electrons. The summed E-state index contributed by atoms with van der Waals surface area (Å²) in [5.41, 5.74) is 4.99. The van der Waals surface area contributed by atoms with Crippen molar-refractivity contribution in [2.75, 3.05) is 0 Å². The van der Waals surface area contributed by atoms with Gasteiger partial charge in [0, 0.05) is 17.0 Å². The van der Waals surface area contributed by atoms with Gasteiger partial charge in [0.25, 0.3) is 0 Å². The minimum absolute atomic E-state index is 1.22. The maximum atomic E-state index is 2.27. The molecule has 4 aromatic rings. The van der Waals surface area contributed by atoms with Crippen molar-refractivity contribution in [1.82, 2.24) is 4.57 Å². The largest absolute Gasteiger partial charge is 0.316 e. The van der Waals surface area contributed by atoms with E-state index in [0.717, 1.165) is 0 Å². The van der Waals surface area contributed by atoms with E-state index in [2.05, 4.69) is 96.6 Å². The Labute approximate surface area is 130 Å². The Morgan fingerprint density at radius 2 is 1.23 bits per heavy atom. The van der Waals surface area contributed by atoms with Crippen molar-refractivity contribution in [3.63, 3.8) is 0 Å². The Bertz CT molecular complexity index is 919. The Balaban J connectivity index is 1.91. The van der Waals surface area contributed by atoms with Crippen LogP contribution in [0.4, 0.5) is 0 Å². The minimum atomic E-state index is 1.22. The van der Waals surface area contributed by atoms with Crippen LogP contribution in [0.5, 0.6) is 0 Å². The van der Waals surface area contributed by atoms with Crippen molar-refractivity contribution in [3.8, 4) is 0 Å². The molecular weight excluding hydrogens is 266 g/mol. The number of aryl methyl sites for hydroxylation is 1. The summed E-state index contributed by atoms with van der Waals surface area (Å²) in [6.45, 7) is 2.11. The summed E-state index contributed by atoms with van der Waals surface area (Å²) in [5, 5.41) is 2.60. The SMILES string of the molecule is Cc1ccc(/C=C/n2c3ccccc3c3ccccc32)cc1. The van der Waals surface area contributed by atoms with Crippen LogP contribution in [0.1, 0.15) is 11.1 Å². The predicted octanol–water partition coefficient (Wildman–Crippen LogP) is 5.73. The second kappa shape index (κ2) is 5.19. The van der Waals surface area contributed by atoms with Gasteiger partial charge < -0.3 is 4.57 Å². The number of benzene rings is 3. The normalized spacial score (nSPS) is 11.7. The van der Waals surface area contributed by atoms with E-state index >= 15 is 0 Å². The molecule has 1 nitrogen and oxygen atoms in total. The first-order chi connectivity index (χ1) is 10.8. The molecule has 0 bridgehead atoms. The Kier molecular flexibility index (Phi) is 3.05. The average molecular weight is 283 g/mol. The third kappa shape index (κ3) is 2.11. The highest BCUT2D eigenvalue weighted by molar-refractivity contribution is 6.09. The zero-order valence-corrected chi connectivity index (χ0v) is 12.5. The topological polar surface area (TPSA) is 4.93 Å². The van der Waals surface area contributed by atoms with Crippen LogP contribution < -0.4 is 0 Å². The van der Waals surface area contributed by atoms with E-state index in [1.54, 1.807) is 0 Å². The first-order valence-corrected chi connectivity index (χ1v) is 7.55. The highest BCUT2D eigenvalue weighted by Gasteiger charge is 2.06. The van der Waals surface area contributed by atoms with Crippen molar-refractivity contribution in [2.24, 2.45) is 0 Å². The third-order valence-electron chi connectivity index (χ3n) is 4.11. The quantitative estimate of drug-likeness (QED) is 0.442. The number of hydrogen-bond donors (Lipinski definition) is 0. The molecule has 0 aliphatic rings. The molecule has 4 rings (SSSR count). The molecule has 0 amide bonds. The van der Waals surface area contributed by atoms with Gasteiger partial charge in [-0.05, 0) is 30.7 Å². The molecule has 1 heteroatoms. The fourth-order valence-corrected chi connectivity index (χ4v) is 2.95. The highest BCUT2D eigenvalue weighted by atomic mass is 14.9. The van der Waals surface area contributed by atoms with Crippen molar-refractivity contribution in [1.29, 1.82) is 0 Å². The van der Waals surface area contributed by atoms with E-state index in [4.69, 9.17) is 0 Å². The summed E-state index contributed by atoms with van der Waals surface area (Å²) >= 11 is 0. The molecule has 3 aromatic carbocycles. The van der Waals surface area contributed by atoms with Crippen LogP contribution in [0.25, 0.3) is 34.1 Å². The molecule has 106 valence electrons. The van der Waals surface area contributed by atoms with Gasteiger partial charge in [0.2, 0.25) is 0 Å². The van der Waals surface area contributed by atoms with Gasteiger partial charge in [0.15, 0.2) is 0 Å². The molecule has 0 saturated heterocycles. The summed E-state index contributed by atoms with van der Waals surface area (Å²) in [4.78, 5) is 0. The van der Waals surface area contributed by atoms with Gasteiger partial charge >= 0.3 is 0 Å². The molecule has 0 aliphatic carbocycles. The third-order valence-corrected chi connectivity index (χ3v) is 4.11. The first-order valence-electron chi connectivity index (χ1n) is 7.55. The maximum Gasteiger partial charge on any atom is 0.0534 e. The molecule has 1 aromatic heterocycles. The second-order valence-electron chi connectivity index (χ2n) is 5.63. The molecule has 0 N–H and O–H groups in total. The van der Waals surface area contributed by atoms with Gasteiger partial charge in [0.05, 0.1) is 11.0 Å². The zero-order chi connectivity index (χ0) is 14.9. The average Bonchev–Trinajstić information content (AvgIpc) is 2.89. The molecule has 0 spiro atoms. The Hall–Kier alpha value is -2.80. The summed E-state index contributed by atoms with van der Waals surface area (Å²) in [7, 11) is 0. The van der Waals surface area contributed by atoms with Crippen LogP contribution in [-0.4, -0.2) is 4.57 Å². The molecular formula is C21H17N. The number of nitrogens with zero attached hydrogens (tertiary/aromatic N) is 1. The summed E-state index contributed by atoms with van der Waals surface area (Å²) in [5.74, 6) is 0. The smallest absolute Gasteiger partial charge is 0.0534 e. The summed E-state index contributed by atoms with van der Waals surface area (Å²) in [6.07, 6.45) is 4.33. The van der Waals surface area contributed by atoms with Crippen LogP contribution in [0.2, 0.25) is 0 Å². The highest BCUT2D eigenvalue weighted by Crippen LogP contribution is 2.29. The van der Waals surface area contributed by atoms with Gasteiger partial charge in [-0.1, -0.05) is 66.2 Å². The van der Waals surface area contributed by atoms with Gasteiger partial charge in [0.1, 0.15) is 0 Å². The monoisotopic (exact) mass is 283 g/mol. The molecule has 1 heterocycles. The van der Waals surface area contributed by atoms with Gasteiger partial charge in [-0.25, -0.2) is 0 Å². The number of rotatable bonds is 2. The molecule has 0 aliphatic heterocycles. The van der Waals surface area contributed by atoms with Crippen LogP contribution >= 0.6 is 0 Å². The number of para-hydroxylation sites is 2. The van der Waals surface area contributed by atoms with E-state index in [1.807, 2.05) is 0 Å². The predicted molar refractivity (Wildman–Crippen MR) is 95.8 cm³/mol. The van der Waals surface area contributed by atoms with Crippen molar-refractivity contribution in [3.05, 3.63) is 83.9 Å². The first kappa shape index (κ1) is 12.9. The summed E-state index contributed by atoms with van der Waals surface area (Å²) < 4.78 is 2.27. The number of fused-ring (bicyclic) bond motifs is 3. The van der Waals surface area contributed by atoms with E-state index in [9.17, 15) is 0 Å². The van der Waals surface area contributed by atoms with Gasteiger partial charge in [-0.3, -0.25) is 0 Å². The molecule has 22 heavy (non-hydrogen) atoms. The molecule has 0 unspecified atom stereocenters. The number of hydrogen-bond acceptors (Lipinski definition) is 0. The lowest BCUT2D eigenvalue weighted by molar-refractivity contribution is 1.30. The Morgan fingerprint density at radius 3 is 1.82 bits per heavy atom. The lowest BCUT2D eigenvalue weighted by atomic mass is 10.1. The fraction of sp³-hybridized carbons (Fsp3) is 0.0476. The van der Waals surface area contributed by atoms with Crippen molar-refractivity contribution in [2.45, 2.75) is 6.92 Å². The summed E-state index contributed by atoms with van der Waals surface area (Å²) in [6, 6.07) is 25.7.